The lowest BCUT2D eigenvalue weighted by Crippen LogP contribution is -2.55. The summed E-state index contributed by atoms with van der Waals surface area (Å²) in [6, 6.07) is 1.96. The molecule has 0 aliphatic carbocycles. The number of amides is 2. The molecule has 13 heteroatoms. The Bertz CT molecular complexity index is 839. The van der Waals surface area contributed by atoms with Gasteiger partial charge in [-0.25, -0.2) is 4.79 Å². The van der Waals surface area contributed by atoms with Crippen LogP contribution in [0.2, 0.25) is 0 Å². The first-order valence-corrected chi connectivity index (χ1v) is 9.63. The van der Waals surface area contributed by atoms with E-state index in [1.165, 1.54) is 12.1 Å². The summed E-state index contributed by atoms with van der Waals surface area (Å²) >= 11 is 0. The van der Waals surface area contributed by atoms with Crippen LogP contribution in [-0.2, 0) is 25.6 Å². The van der Waals surface area contributed by atoms with Crippen LogP contribution in [0.3, 0.4) is 0 Å². The maximum Gasteiger partial charge on any atom is 0.326 e. The number of nitrogens with zero attached hydrogens (tertiary/aromatic N) is 1. The second-order valence-electron chi connectivity index (χ2n) is 6.98. The topological polar surface area (TPSA) is 243 Å². The number of aliphatic imine (C=N–C) groups is 1. The molecule has 176 valence electrons. The molecule has 0 aliphatic heterocycles. The number of nitrogens with one attached hydrogen (secondary N) is 2. The van der Waals surface area contributed by atoms with Crippen molar-refractivity contribution in [1.82, 2.24) is 10.6 Å². The number of carboxylic acid groups (broad SMARTS) is 2. The normalized spacial score (nSPS) is 13.3. The number of phenolic OH excluding ortho intramolecular Hbond substituents is 1. The van der Waals surface area contributed by atoms with Gasteiger partial charge in [-0.2, -0.15) is 0 Å². The molecule has 0 unspecified atom stereocenters. The SMILES string of the molecule is NC(N)=NCCC[C@H](NC(=O)[C@H](CC(=O)O)NC(=O)[C@@H](N)Cc1ccc(O)cc1)C(=O)O. The maximum atomic E-state index is 12.5. The third-order valence-electron chi connectivity index (χ3n) is 4.30. The highest BCUT2D eigenvalue weighted by molar-refractivity contribution is 5.94. The van der Waals surface area contributed by atoms with E-state index in [1.54, 1.807) is 12.1 Å². The van der Waals surface area contributed by atoms with E-state index in [-0.39, 0.29) is 37.5 Å². The summed E-state index contributed by atoms with van der Waals surface area (Å²) < 4.78 is 0. The predicted molar refractivity (Wildman–Crippen MR) is 113 cm³/mol. The number of carboxylic acids is 2. The van der Waals surface area contributed by atoms with Crippen LogP contribution in [0.25, 0.3) is 0 Å². The molecule has 1 aromatic rings. The summed E-state index contributed by atoms with van der Waals surface area (Å²) in [6.07, 6.45) is -0.492. The van der Waals surface area contributed by atoms with Crippen LogP contribution >= 0.6 is 0 Å². The molecule has 1 rings (SSSR count). The van der Waals surface area contributed by atoms with Crippen LogP contribution in [0, 0.1) is 0 Å². The maximum absolute atomic E-state index is 12.5. The van der Waals surface area contributed by atoms with E-state index in [1.807, 2.05) is 0 Å². The van der Waals surface area contributed by atoms with Gasteiger partial charge in [0.15, 0.2) is 5.96 Å². The van der Waals surface area contributed by atoms with E-state index in [0.717, 1.165) is 0 Å². The van der Waals surface area contributed by atoms with Gasteiger partial charge in [0.1, 0.15) is 17.8 Å². The molecule has 0 saturated heterocycles. The summed E-state index contributed by atoms with van der Waals surface area (Å²) in [5.41, 5.74) is 16.8. The molecule has 0 bridgehead atoms. The molecular formula is C19H28N6O7. The van der Waals surface area contributed by atoms with Crippen molar-refractivity contribution in [2.24, 2.45) is 22.2 Å². The van der Waals surface area contributed by atoms with Crippen LogP contribution in [0.1, 0.15) is 24.8 Å². The zero-order valence-corrected chi connectivity index (χ0v) is 17.2. The minimum Gasteiger partial charge on any atom is -0.508 e. The van der Waals surface area contributed by atoms with Crippen molar-refractivity contribution < 1.29 is 34.5 Å². The van der Waals surface area contributed by atoms with Crippen LogP contribution in [0.15, 0.2) is 29.3 Å². The van der Waals surface area contributed by atoms with Crippen molar-refractivity contribution in [3.05, 3.63) is 29.8 Å². The lowest BCUT2D eigenvalue weighted by Gasteiger charge is -2.22. The van der Waals surface area contributed by atoms with E-state index in [4.69, 9.17) is 22.3 Å². The number of aromatic hydroxyl groups is 1. The third-order valence-corrected chi connectivity index (χ3v) is 4.30. The Morgan fingerprint density at radius 3 is 2.09 bits per heavy atom. The minimum atomic E-state index is -1.54. The van der Waals surface area contributed by atoms with E-state index >= 15 is 0 Å². The average Bonchev–Trinajstić information content (AvgIpc) is 2.70. The standard InChI is InChI=1S/C19H28N6O7/c20-12(8-10-3-5-11(26)6-4-10)16(29)25-14(9-15(27)28)17(30)24-13(18(31)32)2-1-7-23-19(21)22/h3-6,12-14,26H,1-2,7-9,20H2,(H,24,30)(H,25,29)(H,27,28)(H,31,32)(H4,21,22,23)/t12-,13-,14-/m0/s1. The highest BCUT2D eigenvalue weighted by atomic mass is 16.4. The summed E-state index contributed by atoms with van der Waals surface area (Å²) in [4.78, 5) is 51.2. The van der Waals surface area contributed by atoms with Crippen molar-refractivity contribution >= 4 is 29.7 Å². The van der Waals surface area contributed by atoms with Gasteiger partial charge in [0.05, 0.1) is 12.5 Å². The number of carbonyl (C=O) groups is 4. The van der Waals surface area contributed by atoms with Crippen LogP contribution in [0.4, 0.5) is 0 Å². The van der Waals surface area contributed by atoms with Crippen LogP contribution in [-0.4, -0.2) is 69.7 Å². The smallest absolute Gasteiger partial charge is 0.326 e. The van der Waals surface area contributed by atoms with Gasteiger partial charge in [0, 0.05) is 6.54 Å². The van der Waals surface area contributed by atoms with E-state index < -0.39 is 48.3 Å². The molecule has 0 heterocycles. The van der Waals surface area contributed by atoms with Gasteiger partial charge >= 0.3 is 11.9 Å². The summed E-state index contributed by atoms with van der Waals surface area (Å²) in [6.45, 7) is 0.142. The molecule has 13 nitrogen and oxygen atoms in total. The first kappa shape index (κ1) is 26.2. The van der Waals surface area contributed by atoms with Crippen molar-refractivity contribution in [2.45, 2.75) is 43.8 Å². The van der Waals surface area contributed by atoms with Gasteiger partial charge in [-0.05, 0) is 37.0 Å². The molecule has 0 aliphatic rings. The second-order valence-corrected chi connectivity index (χ2v) is 6.98. The number of phenols is 1. The number of hydrogen-bond acceptors (Lipinski definition) is 7. The Morgan fingerprint density at radius 2 is 1.56 bits per heavy atom. The fraction of sp³-hybridized carbons (Fsp3) is 0.421. The number of carbonyl (C=O) groups excluding carboxylic acids is 2. The van der Waals surface area contributed by atoms with E-state index in [9.17, 15) is 29.4 Å². The first-order valence-electron chi connectivity index (χ1n) is 9.63. The molecule has 32 heavy (non-hydrogen) atoms. The molecular weight excluding hydrogens is 424 g/mol. The third kappa shape index (κ3) is 9.75. The van der Waals surface area contributed by atoms with Crippen LogP contribution in [0.5, 0.6) is 5.75 Å². The molecule has 3 atom stereocenters. The summed E-state index contributed by atoms with van der Waals surface area (Å²) in [5.74, 6) is -4.61. The highest BCUT2D eigenvalue weighted by Crippen LogP contribution is 2.11. The molecule has 1 aromatic carbocycles. The largest absolute Gasteiger partial charge is 0.508 e. The van der Waals surface area contributed by atoms with Gasteiger partial charge < -0.3 is 43.2 Å². The number of guanidine groups is 1. The van der Waals surface area contributed by atoms with Gasteiger partial charge in [0.2, 0.25) is 11.8 Å². The molecule has 0 saturated carbocycles. The van der Waals surface area contributed by atoms with Crippen molar-refractivity contribution in [2.75, 3.05) is 6.54 Å². The van der Waals surface area contributed by atoms with Crippen molar-refractivity contribution in [3.63, 3.8) is 0 Å². The van der Waals surface area contributed by atoms with Crippen molar-refractivity contribution in [1.29, 1.82) is 0 Å². The molecule has 0 fully saturated rings. The Hall–Kier alpha value is -3.87. The molecule has 2 amide bonds. The van der Waals surface area contributed by atoms with Crippen LogP contribution < -0.4 is 27.8 Å². The summed E-state index contributed by atoms with van der Waals surface area (Å²) in [7, 11) is 0. The zero-order chi connectivity index (χ0) is 24.3. The van der Waals surface area contributed by atoms with E-state index in [0.29, 0.717) is 5.56 Å². The molecule has 11 N–H and O–H groups in total. The van der Waals surface area contributed by atoms with Gasteiger partial charge in [0.25, 0.3) is 0 Å². The molecule has 0 aromatic heterocycles. The molecule has 0 spiro atoms. The van der Waals surface area contributed by atoms with Gasteiger partial charge in [-0.1, -0.05) is 12.1 Å². The first-order chi connectivity index (χ1) is 15.0. The number of rotatable bonds is 13. The Labute approximate surface area is 183 Å². The fourth-order valence-corrected chi connectivity index (χ4v) is 2.67. The predicted octanol–water partition coefficient (Wildman–Crippen LogP) is -2.16. The fourth-order valence-electron chi connectivity index (χ4n) is 2.67. The quantitative estimate of drug-likeness (QED) is 0.0915. The average molecular weight is 452 g/mol. The number of aliphatic carboxylic acids is 2. The Kier molecular flexibility index (Phi) is 10.4. The summed E-state index contributed by atoms with van der Waals surface area (Å²) in [5, 5.41) is 32.1. The number of nitrogens with two attached hydrogens (primary N) is 3. The van der Waals surface area contributed by atoms with E-state index in [2.05, 4.69) is 15.6 Å². The monoisotopic (exact) mass is 452 g/mol. The number of hydrogen-bond donors (Lipinski definition) is 8. The van der Waals surface area contributed by atoms with Crippen molar-refractivity contribution in [3.8, 4) is 5.75 Å². The lowest BCUT2D eigenvalue weighted by atomic mass is 10.0. The van der Waals surface area contributed by atoms with Gasteiger partial charge in [-0.15, -0.1) is 0 Å². The molecule has 0 radical (unpaired) electrons. The highest BCUT2D eigenvalue weighted by Gasteiger charge is 2.29. The lowest BCUT2D eigenvalue weighted by molar-refractivity contribution is -0.143. The Morgan fingerprint density at radius 1 is 0.969 bits per heavy atom. The number of benzene rings is 1. The zero-order valence-electron chi connectivity index (χ0n) is 17.2. The Balaban J connectivity index is 2.77. The minimum absolute atomic E-state index is 0.0219. The van der Waals surface area contributed by atoms with Gasteiger partial charge in [-0.3, -0.25) is 19.4 Å². The second kappa shape index (κ2) is 12.7.